The highest BCUT2D eigenvalue weighted by atomic mass is 79.9. The topological polar surface area (TPSA) is 49.4 Å². The summed E-state index contributed by atoms with van der Waals surface area (Å²) in [6.45, 7) is 8.00. The number of nitrogens with one attached hydrogen (secondary N) is 1. The zero-order chi connectivity index (χ0) is 21.4. The molecule has 0 heterocycles. The minimum atomic E-state index is -0.557. The van der Waals surface area contributed by atoms with Crippen LogP contribution >= 0.6 is 27.7 Å². The van der Waals surface area contributed by atoms with Crippen LogP contribution in [0.5, 0.6) is 0 Å². The summed E-state index contributed by atoms with van der Waals surface area (Å²) in [7, 11) is 0. The summed E-state index contributed by atoms with van der Waals surface area (Å²) >= 11 is 5.04. The summed E-state index contributed by atoms with van der Waals surface area (Å²) in [5.74, 6) is 0.909. The van der Waals surface area contributed by atoms with Crippen LogP contribution in [-0.4, -0.2) is 34.0 Å². The molecule has 2 aromatic carbocycles. The number of carbonyl (C=O) groups is 2. The molecule has 0 bridgehead atoms. The Hall–Kier alpha value is -1.79. The van der Waals surface area contributed by atoms with Crippen molar-refractivity contribution in [2.24, 2.45) is 0 Å². The smallest absolute Gasteiger partial charge is 0.242 e. The second-order valence-corrected chi connectivity index (χ2v) is 9.95. The molecular weight excluding hydrogens is 448 g/mol. The van der Waals surface area contributed by atoms with Gasteiger partial charge in [0.2, 0.25) is 11.8 Å². The minimum Gasteiger partial charge on any atom is -0.350 e. The largest absolute Gasteiger partial charge is 0.350 e. The lowest BCUT2D eigenvalue weighted by Gasteiger charge is -2.31. The van der Waals surface area contributed by atoms with Crippen LogP contribution in [0, 0.1) is 0 Å². The van der Waals surface area contributed by atoms with E-state index < -0.39 is 6.04 Å². The first-order chi connectivity index (χ1) is 13.7. The Morgan fingerprint density at radius 3 is 2.34 bits per heavy atom. The van der Waals surface area contributed by atoms with Crippen molar-refractivity contribution in [2.75, 3.05) is 5.75 Å². The number of hydrogen-bond acceptors (Lipinski definition) is 3. The van der Waals surface area contributed by atoms with Gasteiger partial charge in [-0.2, -0.15) is 0 Å². The summed E-state index contributed by atoms with van der Waals surface area (Å²) in [6, 6.07) is 17.3. The highest BCUT2D eigenvalue weighted by molar-refractivity contribution is 9.10. The third-order valence-electron chi connectivity index (χ3n) is 4.24. The molecule has 6 heteroatoms. The number of benzene rings is 2. The predicted octanol–water partition coefficient (Wildman–Crippen LogP) is 5.01. The van der Waals surface area contributed by atoms with Crippen molar-refractivity contribution in [3.8, 4) is 0 Å². The number of carbonyl (C=O) groups excluding carboxylic acids is 2. The van der Waals surface area contributed by atoms with Crippen molar-refractivity contribution in [3.63, 3.8) is 0 Å². The fraction of sp³-hybridized carbons (Fsp3) is 0.391. The average molecular weight is 477 g/mol. The number of hydrogen-bond donors (Lipinski definition) is 1. The molecule has 0 unspecified atom stereocenters. The van der Waals surface area contributed by atoms with Gasteiger partial charge in [0.1, 0.15) is 6.04 Å². The number of halogens is 1. The van der Waals surface area contributed by atoms with Crippen LogP contribution in [0.1, 0.15) is 38.8 Å². The first kappa shape index (κ1) is 23.5. The van der Waals surface area contributed by atoms with Crippen LogP contribution < -0.4 is 5.32 Å². The lowest BCUT2D eigenvalue weighted by molar-refractivity contribution is -0.139. The van der Waals surface area contributed by atoms with Crippen molar-refractivity contribution in [2.45, 2.75) is 51.6 Å². The first-order valence-electron chi connectivity index (χ1n) is 9.63. The van der Waals surface area contributed by atoms with E-state index in [-0.39, 0.29) is 17.4 Å². The highest BCUT2D eigenvalue weighted by Crippen LogP contribution is 2.18. The molecule has 0 saturated carbocycles. The van der Waals surface area contributed by atoms with Crippen LogP contribution in [0.15, 0.2) is 59.1 Å². The SMILES string of the molecule is C[C@@H](C(=O)NC(C)(C)C)N(Cc1cccc(Br)c1)C(=O)CSCc1ccccc1. The van der Waals surface area contributed by atoms with Gasteiger partial charge >= 0.3 is 0 Å². The van der Waals surface area contributed by atoms with E-state index in [0.29, 0.717) is 12.3 Å². The Morgan fingerprint density at radius 1 is 1.07 bits per heavy atom. The maximum absolute atomic E-state index is 13.0. The van der Waals surface area contributed by atoms with Crippen molar-refractivity contribution in [3.05, 3.63) is 70.2 Å². The van der Waals surface area contributed by atoms with Crippen molar-refractivity contribution >= 4 is 39.5 Å². The first-order valence-corrected chi connectivity index (χ1v) is 11.6. The number of nitrogens with zero attached hydrogens (tertiary/aromatic N) is 1. The summed E-state index contributed by atoms with van der Waals surface area (Å²) in [4.78, 5) is 27.5. The van der Waals surface area contributed by atoms with Crippen LogP contribution in [0.4, 0.5) is 0 Å². The van der Waals surface area contributed by atoms with Crippen LogP contribution in [-0.2, 0) is 21.9 Å². The van der Waals surface area contributed by atoms with Gasteiger partial charge in [-0.1, -0.05) is 58.4 Å². The van der Waals surface area contributed by atoms with E-state index in [1.54, 1.807) is 23.6 Å². The monoisotopic (exact) mass is 476 g/mol. The lowest BCUT2D eigenvalue weighted by Crippen LogP contribution is -2.52. The fourth-order valence-corrected chi connectivity index (χ4v) is 4.12. The molecule has 0 aliphatic heterocycles. The van der Waals surface area contributed by atoms with Gasteiger partial charge < -0.3 is 10.2 Å². The molecule has 0 saturated heterocycles. The Kier molecular flexibility index (Phi) is 8.78. The van der Waals surface area contributed by atoms with E-state index in [0.717, 1.165) is 15.8 Å². The quantitative estimate of drug-likeness (QED) is 0.581. The Morgan fingerprint density at radius 2 is 1.72 bits per heavy atom. The highest BCUT2D eigenvalue weighted by Gasteiger charge is 2.28. The van der Waals surface area contributed by atoms with E-state index in [1.807, 2.05) is 63.2 Å². The number of rotatable bonds is 8. The maximum Gasteiger partial charge on any atom is 0.242 e. The molecule has 0 spiro atoms. The third kappa shape index (κ3) is 8.23. The predicted molar refractivity (Wildman–Crippen MR) is 125 cm³/mol. The van der Waals surface area contributed by atoms with E-state index in [9.17, 15) is 9.59 Å². The standard InChI is InChI=1S/C23H29BrN2O2S/c1-17(22(28)25-23(2,3)4)26(14-19-11-8-12-20(24)13-19)21(27)16-29-15-18-9-6-5-7-10-18/h5-13,17H,14-16H2,1-4H3,(H,25,28)/t17-/m0/s1. The van der Waals surface area contributed by atoms with Crippen LogP contribution in [0.3, 0.4) is 0 Å². The summed E-state index contributed by atoms with van der Waals surface area (Å²) < 4.78 is 0.952. The van der Waals surface area contributed by atoms with Crippen molar-refractivity contribution in [1.29, 1.82) is 0 Å². The molecule has 29 heavy (non-hydrogen) atoms. The van der Waals surface area contributed by atoms with Crippen molar-refractivity contribution < 1.29 is 9.59 Å². The molecule has 0 aromatic heterocycles. The Labute approximate surface area is 186 Å². The molecule has 2 aromatic rings. The zero-order valence-electron chi connectivity index (χ0n) is 17.4. The van der Waals surface area contributed by atoms with Crippen LogP contribution in [0.25, 0.3) is 0 Å². The molecular formula is C23H29BrN2O2S. The summed E-state index contributed by atoms with van der Waals surface area (Å²) in [5.41, 5.74) is 1.82. The molecule has 156 valence electrons. The maximum atomic E-state index is 13.0. The van der Waals surface area contributed by atoms with Gasteiger partial charge in [0.05, 0.1) is 5.75 Å². The van der Waals surface area contributed by atoms with Gasteiger partial charge in [-0.05, 0) is 51.0 Å². The molecule has 0 aliphatic rings. The van der Waals surface area contributed by atoms with Gasteiger partial charge in [-0.15, -0.1) is 11.8 Å². The average Bonchev–Trinajstić information content (AvgIpc) is 2.65. The summed E-state index contributed by atoms with van der Waals surface area (Å²) in [5, 5.41) is 2.98. The molecule has 1 atom stereocenters. The molecule has 2 amide bonds. The van der Waals surface area contributed by atoms with E-state index in [1.165, 1.54) is 5.56 Å². The van der Waals surface area contributed by atoms with Gasteiger partial charge in [0, 0.05) is 22.3 Å². The van der Waals surface area contributed by atoms with E-state index in [4.69, 9.17) is 0 Å². The Bertz CT molecular complexity index is 821. The third-order valence-corrected chi connectivity index (χ3v) is 5.73. The van der Waals surface area contributed by atoms with E-state index >= 15 is 0 Å². The second-order valence-electron chi connectivity index (χ2n) is 8.05. The number of amides is 2. The van der Waals surface area contributed by atoms with Crippen LogP contribution in [0.2, 0.25) is 0 Å². The molecule has 0 radical (unpaired) electrons. The lowest BCUT2D eigenvalue weighted by atomic mass is 10.1. The van der Waals surface area contributed by atoms with Gasteiger partial charge in [-0.3, -0.25) is 9.59 Å². The summed E-state index contributed by atoms with van der Waals surface area (Å²) in [6.07, 6.45) is 0. The van der Waals surface area contributed by atoms with Gasteiger partial charge in [-0.25, -0.2) is 0 Å². The van der Waals surface area contributed by atoms with Gasteiger partial charge in [0.15, 0.2) is 0 Å². The molecule has 0 aliphatic carbocycles. The minimum absolute atomic E-state index is 0.0394. The molecule has 1 N–H and O–H groups in total. The normalized spacial score (nSPS) is 12.3. The molecule has 0 fully saturated rings. The Balaban J connectivity index is 2.09. The molecule has 2 rings (SSSR count). The number of thioether (sulfide) groups is 1. The fourth-order valence-electron chi connectivity index (χ4n) is 2.80. The van der Waals surface area contributed by atoms with E-state index in [2.05, 4.69) is 33.4 Å². The molecule has 4 nitrogen and oxygen atoms in total. The van der Waals surface area contributed by atoms with Gasteiger partial charge in [0.25, 0.3) is 0 Å². The van der Waals surface area contributed by atoms with Crippen molar-refractivity contribution in [1.82, 2.24) is 10.2 Å². The second kappa shape index (κ2) is 10.8. The zero-order valence-corrected chi connectivity index (χ0v) is 19.8.